The molecule has 0 aromatic rings. The van der Waals surface area contributed by atoms with Crippen LogP contribution in [0.3, 0.4) is 0 Å². The van der Waals surface area contributed by atoms with Crippen molar-refractivity contribution in [2.24, 2.45) is 16.9 Å². The molecule has 0 fully saturated rings. The van der Waals surface area contributed by atoms with E-state index >= 15 is 0 Å². The second-order valence-corrected chi connectivity index (χ2v) is 2.46. The molecular weight excluding hydrogens is 114 g/mol. The highest BCUT2D eigenvalue weighted by atomic mass is 15.6. The highest BCUT2D eigenvalue weighted by molar-refractivity contribution is 5.63. The lowest BCUT2D eigenvalue weighted by atomic mass is 10.0. The van der Waals surface area contributed by atoms with Crippen LogP contribution in [0.2, 0.25) is 0 Å². The van der Waals surface area contributed by atoms with Gasteiger partial charge < -0.3 is 0 Å². The fourth-order valence-corrected chi connectivity index (χ4v) is 1.04. The van der Waals surface area contributed by atoms with Gasteiger partial charge in [-0.3, -0.25) is 0 Å². The monoisotopic (exact) mass is 127 g/mol. The van der Waals surface area contributed by atoms with E-state index in [1.165, 1.54) is 5.12 Å². The minimum Gasteiger partial charge on any atom is -0.231 e. The van der Waals surface area contributed by atoms with Gasteiger partial charge >= 0.3 is 0 Å². The maximum atomic E-state index is 5.48. The predicted octanol–water partition coefficient (Wildman–Crippen LogP) is 0.576. The first kappa shape index (κ1) is 6.55. The van der Waals surface area contributed by atoms with Gasteiger partial charge in [0.2, 0.25) is 0 Å². The van der Waals surface area contributed by atoms with Crippen LogP contribution in [0.15, 0.2) is 5.10 Å². The number of hydrogen-bond acceptors (Lipinski definition) is 3. The van der Waals surface area contributed by atoms with Crippen LogP contribution in [0.1, 0.15) is 20.3 Å². The van der Waals surface area contributed by atoms with E-state index in [2.05, 4.69) is 18.9 Å². The van der Waals surface area contributed by atoms with Crippen molar-refractivity contribution in [3.05, 3.63) is 0 Å². The molecular formula is C6H13N3. The summed E-state index contributed by atoms with van der Waals surface area (Å²) in [4.78, 5) is 0. The third-order valence-electron chi connectivity index (χ3n) is 1.90. The molecule has 52 valence electrons. The number of hydrazine groups is 1. The normalized spacial score (nSPS) is 33.9. The van der Waals surface area contributed by atoms with E-state index in [0.717, 1.165) is 6.42 Å². The standard InChI is InChI=1S/C6H13N3/c1-3-6-4-8-9(7)5(6)2/h4-6H,3,7H2,1-2H3. The zero-order valence-electron chi connectivity index (χ0n) is 5.91. The average molecular weight is 127 g/mol. The Labute approximate surface area is 55.5 Å². The van der Waals surface area contributed by atoms with Crippen molar-refractivity contribution < 1.29 is 0 Å². The van der Waals surface area contributed by atoms with Crippen molar-refractivity contribution in [1.82, 2.24) is 5.12 Å². The molecule has 1 rings (SSSR count). The zero-order chi connectivity index (χ0) is 6.85. The summed E-state index contributed by atoms with van der Waals surface area (Å²) in [6.07, 6.45) is 3.04. The van der Waals surface area contributed by atoms with E-state index in [0.29, 0.717) is 12.0 Å². The fraction of sp³-hybridized carbons (Fsp3) is 0.833. The van der Waals surface area contributed by atoms with Gasteiger partial charge in [-0.15, -0.1) is 0 Å². The van der Waals surface area contributed by atoms with Crippen molar-refractivity contribution in [2.45, 2.75) is 26.3 Å². The fourth-order valence-electron chi connectivity index (χ4n) is 1.04. The summed E-state index contributed by atoms with van der Waals surface area (Å²) in [5, 5.41) is 5.48. The number of hydrazone groups is 1. The van der Waals surface area contributed by atoms with E-state index in [9.17, 15) is 0 Å². The maximum Gasteiger partial charge on any atom is 0.0689 e. The summed E-state index contributed by atoms with van der Waals surface area (Å²) in [5.41, 5.74) is 0. The first-order valence-corrected chi connectivity index (χ1v) is 3.33. The largest absolute Gasteiger partial charge is 0.231 e. The SMILES string of the molecule is CCC1C=NN(N)C1C. The Balaban J connectivity index is 2.51. The lowest BCUT2D eigenvalue weighted by molar-refractivity contribution is 0.219. The van der Waals surface area contributed by atoms with Crippen molar-refractivity contribution >= 4 is 6.21 Å². The number of rotatable bonds is 1. The van der Waals surface area contributed by atoms with Gasteiger partial charge in [-0.2, -0.15) is 5.10 Å². The molecule has 0 aliphatic carbocycles. The Morgan fingerprint density at radius 1 is 1.78 bits per heavy atom. The lowest BCUT2D eigenvalue weighted by Gasteiger charge is -2.17. The summed E-state index contributed by atoms with van der Waals surface area (Å²) in [6.45, 7) is 4.23. The second-order valence-electron chi connectivity index (χ2n) is 2.46. The van der Waals surface area contributed by atoms with Gasteiger partial charge in [0.05, 0.1) is 6.04 Å². The smallest absolute Gasteiger partial charge is 0.0689 e. The van der Waals surface area contributed by atoms with Crippen LogP contribution in [0.25, 0.3) is 0 Å². The number of nitrogens with zero attached hydrogens (tertiary/aromatic N) is 2. The Kier molecular flexibility index (Phi) is 1.71. The first-order chi connectivity index (χ1) is 4.25. The third-order valence-corrected chi connectivity index (χ3v) is 1.90. The Hall–Kier alpha value is -0.570. The molecule has 0 saturated carbocycles. The summed E-state index contributed by atoms with van der Waals surface area (Å²) in [6, 6.07) is 0.384. The van der Waals surface area contributed by atoms with Crippen LogP contribution >= 0.6 is 0 Å². The molecule has 1 heterocycles. The topological polar surface area (TPSA) is 41.6 Å². The van der Waals surface area contributed by atoms with Gasteiger partial charge in [0.15, 0.2) is 0 Å². The quantitative estimate of drug-likeness (QED) is 0.523. The maximum absolute atomic E-state index is 5.48. The van der Waals surface area contributed by atoms with Crippen molar-refractivity contribution in [1.29, 1.82) is 0 Å². The lowest BCUT2D eigenvalue weighted by Crippen LogP contribution is -2.34. The average Bonchev–Trinajstić information content (AvgIpc) is 2.15. The Bertz CT molecular complexity index is 121. The third kappa shape index (κ3) is 1.05. The highest BCUT2D eigenvalue weighted by Crippen LogP contribution is 2.15. The van der Waals surface area contributed by atoms with Gasteiger partial charge in [-0.25, -0.2) is 11.0 Å². The van der Waals surface area contributed by atoms with Gasteiger partial charge in [0.25, 0.3) is 0 Å². The minimum absolute atomic E-state index is 0.384. The highest BCUT2D eigenvalue weighted by Gasteiger charge is 2.22. The summed E-state index contributed by atoms with van der Waals surface area (Å²) in [7, 11) is 0. The molecule has 1 aliphatic rings. The number of nitrogens with two attached hydrogens (primary N) is 1. The van der Waals surface area contributed by atoms with Gasteiger partial charge in [0.1, 0.15) is 0 Å². The molecule has 0 amide bonds. The van der Waals surface area contributed by atoms with E-state index in [1.54, 1.807) is 0 Å². The van der Waals surface area contributed by atoms with Gasteiger partial charge in [0, 0.05) is 12.1 Å². The number of hydrogen-bond donors (Lipinski definition) is 1. The Morgan fingerprint density at radius 3 is 2.67 bits per heavy atom. The first-order valence-electron chi connectivity index (χ1n) is 3.33. The molecule has 0 spiro atoms. The summed E-state index contributed by atoms with van der Waals surface area (Å²) >= 11 is 0. The van der Waals surface area contributed by atoms with Crippen LogP contribution in [0.5, 0.6) is 0 Å². The van der Waals surface area contributed by atoms with Crippen molar-refractivity contribution in [3.63, 3.8) is 0 Å². The molecule has 2 unspecified atom stereocenters. The molecule has 1 aliphatic heterocycles. The van der Waals surface area contributed by atoms with Crippen LogP contribution in [0.4, 0.5) is 0 Å². The second kappa shape index (κ2) is 2.35. The zero-order valence-corrected chi connectivity index (χ0v) is 5.91. The Morgan fingerprint density at radius 2 is 2.44 bits per heavy atom. The van der Waals surface area contributed by atoms with Gasteiger partial charge in [-0.1, -0.05) is 6.92 Å². The van der Waals surface area contributed by atoms with Crippen molar-refractivity contribution in [2.75, 3.05) is 0 Å². The minimum atomic E-state index is 0.384. The molecule has 2 N–H and O–H groups in total. The summed E-state index contributed by atoms with van der Waals surface area (Å²) < 4.78 is 0. The van der Waals surface area contributed by atoms with Crippen molar-refractivity contribution in [3.8, 4) is 0 Å². The molecule has 3 heteroatoms. The molecule has 3 nitrogen and oxygen atoms in total. The van der Waals surface area contributed by atoms with E-state index in [-0.39, 0.29) is 0 Å². The molecule has 0 bridgehead atoms. The molecule has 0 aromatic heterocycles. The van der Waals surface area contributed by atoms with E-state index < -0.39 is 0 Å². The van der Waals surface area contributed by atoms with Crippen LogP contribution in [-0.2, 0) is 0 Å². The van der Waals surface area contributed by atoms with Crippen LogP contribution in [0, 0.1) is 5.92 Å². The van der Waals surface area contributed by atoms with E-state index in [1.807, 2.05) is 6.21 Å². The molecule has 0 aromatic carbocycles. The summed E-state index contributed by atoms with van der Waals surface area (Å²) in [5.74, 6) is 6.03. The van der Waals surface area contributed by atoms with Crippen LogP contribution in [-0.4, -0.2) is 17.4 Å². The van der Waals surface area contributed by atoms with Crippen LogP contribution < -0.4 is 5.84 Å². The van der Waals surface area contributed by atoms with Gasteiger partial charge in [-0.05, 0) is 13.3 Å². The van der Waals surface area contributed by atoms with E-state index in [4.69, 9.17) is 5.84 Å². The predicted molar refractivity (Wildman–Crippen MR) is 37.8 cm³/mol. The molecule has 2 atom stereocenters. The molecule has 0 radical (unpaired) electrons. The molecule has 0 saturated heterocycles. The molecule has 9 heavy (non-hydrogen) atoms.